The molecule has 0 amide bonds. The third kappa shape index (κ3) is 2.23. The summed E-state index contributed by atoms with van der Waals surface area (Å²) >= 11 is 0. The molecule has 126 valence electrons. The van der Waals surface area contributed by atoms with E-state index < -0.39 is 11.4 Å². The van der Waals surface area contributed by atoms with Crippen LogP contribution in [0, 0.1) is 34.5 Å². The van der Waals surface area contributed by atoms with Crippen molar-refractivity contribution in [2.45, 2.75) is 53.4 Å². The third-order valence-corrected chi connectivity index (χ3v) is 6.91. The second-order valence-electron chi connectivity index (χ2n) is 8.49. The average Bonchev–Trinajstić information content (AvgIpc) is 2.80. The molecule has 0 aromatic rings. The first-order valence-corrected chi connectivity index (χ1v) is 8.87. The maximum Gasteiger partial charge on any atom is 0.310 e. The Morgan fingerprint density at radius 2 is 2.00 bits per heavy atom. The predicted octanol–water partition coefficient (Wildman–Crippen LogP) is 4.24. The van der Waals surface area contributed by atoms with Gasteiger partial charge in [0.05, 0.1) is 5.41 Å². The van der Waals surface area contributed by atoms with Crippen molar-refractivity contribution in [1.29, 1.82) is 0 Å². The van der Waals surface area contributed by atoms with Crippen molar-refractivity contribution >= 4 is 11.8 Å². The van der Waals surface area contributed by atoms with E-state index in [9.17, 15) is 14.7 Å². The Balaban J connectivity index is 2.11. The van der Waals surface area contributed by atoms with Crippen LogP contribution >= 0.6 is 0 Å². The average molecular weight is 316 g/mol. The van der Waals surface area contributed by atoms with E-state index in [2.05, 4.69) is 26.8 Å². The van der Waals surface area contributed by atoms with E-state index in [1.165, 1.54) is 0 Å². The van der Waals surface area contributed by atoms with Gasteiger partial charge in [0.1, 0.15) is 0 Å². The summed E-state index contributed by atoms with van der Waals surface area (Å²) in [5, 5.41) is 10.2. The monoisotopic (exact) mass is 316 g/mol. The Bertz CT molecular complexity index is 600. The molecule has 23 heavy (non-hydrogen) atoms. The Kier molecular flexibility index (Phi) is 3.81. The molecule has 2 saturated carbocycles. The van der Waals surface area contributed by atoms with Crippen LogP contribution in [0.25, 0.3) is 0 Å². The molecule has 0 aromatic heterocycles. The number of carbonyl (C=O) groups excluding carboxylic acids is 1. The minimum absolute atomic E-state index is 0.0366. The number of hydrogen-bond acceptors (Lipinski definition) is 2. The molecule has 3 rings (SSSR count). The van der Waals surface area contributed by atoms with Gasteiger partial charge in [0.25, 0.3) is 0 Å². The maximum atomic E-state index is 12.9. The maximum absolute atomic E-state index is 12.9. The van der Waals surface area contributed by atoms with E-state index in [-0.39, 0.29) is 29.0 Å². The molecule has 3 aliphatic rings. The number of rotatable bonds is 2. The molecular formula is C20H28O3. The quantitative estimate of drug-likeness (QED) is 0.829. The van der Waals surface area contributed by atoms with Crippen LogP contribution in [0.5, 0.6) is 0 Å². The van der Waals surface area contributed by atoms with Crippen LogP contribution < -0.4 is 0 Å². The molecule has 0 aliphatic heterocycles. The standard InChI is InChI=1S/C20H28O3/c1-12(2)14-5-6-15-17-16(21)11-13(3)7-8-19(17,4)9-10-20(14,15)18(22)23/h7-8,11-12,14-15,17H,5-6,9-10H2,1-4H3,(H,22,23). The van der Waals surface area contributed by atoms with Crippen LogP contribution in [-0.2, 0) is 9.59 Å². The molecule has 0 heterocycles. The number of hydrogen-bond donors (Lipinski definition) is 1. The third-order valence-electron chi connectivity index (χ3n) is 6.91. The number of aliphatic carboxylic acids is 1. The molecule has 2 fully saturated rings. The number of carbonyl (C=O) groups is 2. The van der Waals surface area contributed by atoms with E-state index in [4.69, 9.17) is 0 Å². The molecule has 0 aromatic carbocycles. The number of fused-ring (bicyclic) bond motifs is 3. The number of carboxylic acids is 1. The highest BCUT2D eigenvalue weighted by molar-refractivity contribution is 5.95. The zero-order valence-electron chi connectivity index (χ0n) is 14.6. The van der Waals surface area contributed by atoms with Gasteiger partial charge < -0.3 is 5.11 Å². The second kappa shape index (κ2) is 5.32. The number of carboxylic acid groups (broad SMARTS) is 1. The molecule has 0 saturated heterocycles. The van der Waals surface area contributed by atoms with Gasteiger partial charge >= 0.3 is 5.97 Å². The molecule has 3 nitrogen and oxygen atoms in total. The van der Waals surface area contributed by atoms with Crippen molar-refractivity contribution < 1.29 is 14.7 Å². The highest BCUT2D eigenvalue weighted by atomic mass is 16.4. The fourth-order valence-electron chi connectivity index (χ4n) is 5.82. The summed E-state index contributed by atoms with van der Waals surface area (Å²) < 4.78 is 0. The lowest BCUT2D eigenvalue weighted by Gasteiger charge is -2.51. The molecule has 1 N–H and O–H groups in total. The van der Waals surface area contributed by atoms with Gasteiger partial charge in [-0.3, -0.25) is 9.59 Å². The van der Waals surface area contributed by atoms with Crippen LogP contribution in [0.15, 0.2) is 23.8 Å². The van der Waals surface area contributed by atoms with Gasteiger partial charge in [-0.15, -0.1) is 0 Å². The minimum atomic E-state index is -0.714. The summed E-state index contributed by atoms with van der Waals surface area (Å²) in [6, 6.07) is 0. The Morgan fingerprint density at radius 1 is 1.30 bits per heavy atom. The van der Waals surface area contributed by atoms with E-state index in [1.54, 1.807) is 6.08 Å². The topological polar surface area (TPSA) is 54.4 Å². The molecular weight excluding hydrogens is 288 g/mol. The Labute approximate surface area is 138 Å². The van der Waals surface area contributed by atoms with Gasteiger partial charge in [-0.1, -0.05) is 32.9 Å². The summed E-state index contributed by atoms with van der Waals surface area (Å²) in [7, 11) is 0. The fourth-order valence-corrected chi connectivity index (χ4v) is 5.82. The highest BCUT2D eigenvalue weighted by Crippen LogP contribution is 2.64. The van der Waals surface area contributed by atoms with Crippen LogP contribution in [0.4, 0.5) is 0 Å². The molecule has 5 unspecified atom stereocenters. The van der Waals surface area contributed by atoms with Crippen LogP contribution in [0.2, 0.25) is 0 Å². The summed E-state index contributed by atoms with van der Waals surface area (Å²) in [5.74, 6) is -0.249. The molecule has 0 radical (unpaired) electrons. The zero-order valence-corrected chi connectivity index (χ0v) is 14.6. The minimum Gasteiger partial charge on any atom is -0.481 e. The van der Waals surface area contributed by atoms with Crippen molar-refractivity contribution in [2.75, 3.05) is 0 Å². The van der Waals surface area contributed by atoms with Crippen molar-refractivity contribution in [3.8, 4) is 0 Å². The predicted molar refractivity (Wildman–Crippen MR) is 89.9 cm³/mol. The van der Waals surface area contributed by atoms with Crippen molar-refractivity contribution in [1.82, 2.24) is 0 Å². The largest absolute Gasteiger partial charge is 0.481 e. The van der Waals surface area contributed by atoms with Crippen LogP contribution in [-0.4, -0.2) is 16.9 Å². The Hall–Kier alpha value is -1.38. The van der Waals surface area contributed by atoms with Crippen molar-refractivity contribution in [3.63, 3.8) is 0 Å². The van der Waals surface area contributed by atoms with E-state index in [0.717, 1.165) is 24.8 Å². The van der Waals surface area contributed by atoms with Crippen LogP contribution in [0.1, 0.15) is 53.4 Å². The number of ketones is 1. The normalized spacial score (nSPS) is 42.9. The summed E-state index contributed by atoms with van der Waals surface area (Å²) in [4.78, 5) is 25.3. The van der Waals surface area contributed by atoms with E-state index >= 15 is 0 Å². The van der Waals surface area contributed by atoms with Crippen LogP contribution in [0.3, 0.4) is 0 Å². The first kappa shape index (κ1) is 16.5. The summed E-state index contributed by atoms with van der Waals surface area (Å²) in [6.45, 7) is 8.35. The Morgan fingerprint density at radius 3 is 2.61 bits per heavy atom. The van der Waals surface area contributed by atoms with Crippen molar-refractivity contribution in [3.05, 3.63) is 23.8 Å². The van der Waals surface area contributed by atoms with E-state index in [1.807, 2.05) is 13.0 Å². The second-order valence-corrected chi connectivity index (χ2v) is 8.49. The van der Waals surface area contributed by atoms with Gasteiger partial charge in [0, 0.05) is 5.92 Å². The SMILES string of the molecule is CC1=CC(=O)C2C3CCC(C(C)C)C3(C(=O)O)CCC2(C)C=C1. The summed E-state index contributed by atoms with van der Waals surface area (Å²) in [5.41, 5.74) is 0.0549. The lowest BCUT2D eigenvalue weighted by molar-refractivity contribution is -0.165. The molecule has 3 aliphatic carbocycles. The van der Waals surface area contributed by atoms with Gasteiger partial charge in [-0.05, 0) is 67.4 Å². The van der Waals surface area contributed by atoms with Gasteiger partial charge in [-0.25, -0.2) is 0 Å². The van der Waals surface area contributed by atoms with Gasteiger partial charge in [0.15, 0.2) is 5.78 Å². The highest BCUT2D eigenvalue weighted by Gasteiger charge is 2.64. The van der Waals surface area contributed by atoms with Gasteiger partial charge in [0.2, 0.25) is 0 Å². The molecule has 3 heteroatoms. The molecule has 0 bridgehead atoms. The zero-order chi connectivity index (χ0) is 17.0. The first-order valence-electron chi connectivity index (χ1n) is 8.87. The number of allylic oxidation sites excluding steroid dienone is 4. The molecule has 0 spiro atoms. The smallest absolute Gasteiger partial charge is 0.310 e. The summed E-state index contributed by atoms with van der Waals surface area (Å²) in [6.07, 6.45) is 9.21. The first-order chi connectivity index (χ1) is 10.7. The van der Waals surface area contributed by atoms with Gasteiger partial charge in [-0.2, -0.15) is 0 Å². The fraction of sp³-hybridized carbons (Fsp3) is 0.700. The molecule has 5 atom stereocenters. The van der Waals surface area contributed by atoms with Crippen molar-refractivity contribution in [2.24, 2.45) is 34.5 Å². The van der Waals surface area contributed by atoms with E-state index in [0.29, 0.717) is 12.3 Å². The lowest BCUT2D eigenvalue weighted by Crippen LogP contribution is -2.54. The lowest BCUT2D eigenvalue weighted by atomic mass is 9.50.